The van der Waals surface area contributed by atoms with E-state index in [1.54, 1.807) is 47.6 Å². The van der Waals surface area contributed by atoms with Gasteiger partial charge < -0.3 is 4.90 Å². The average molecular weight is 371 g/mol. The van der Waals surface area contributed by atoms with E-state index in [9.17, 15) is 4.79 Å². The summed E-state index contributed by atoms with van der Waals surface area (Å²) < 4.78 is 1.07. The van der Waals surface area contributed by atoms with Crippen LogP contribution in [0.3, 0.4) is 0 Å². The summed E-state index contributed by atoms with van der Waals surface area (Å²) in [6, 6.07) is 9.39. The zero-order valence-corrected chi connectivity index (χ0v) is 14.0. The van der Waals surface area contributed by atoms with Crippen molar-refractivity contribution in [2.24, 2.45) is 0 Å². The maximum absolute atomic E-state index is 12.0. The molecule has 1 aromatic heterocycles. The van der Waals surface area contributed by atoms with Crippen molar-refractivity contribution >= 4 is 50.9 Å². The molecule has 5 heteroatoms. The lowest BCUT2D eigenvalue weighted by atomic mass is 10.2. The molecule has 2 rings (SSSR count). The van der Waals surface area contributed by atoms with Crippen LogP contribution in [-0.4, -0.2) is 17.9 Å². The summed E-state index contributed by atoms with van der Waals surface area (Å²) in [5.41, 5.74) is 2.08. The molecule has 2 nitrogen and oxygen atoms in total. The first kappa shape index (κ1) is 15.3. The zero-order chi connectivity index (χ0) is 14.5. The van der Waals surface area contributed by atoms with Crippen molar-refractivity contribution in [1.82, 2.24) is 4.90 Å². The average Bonchev–Trinajstić information content (AvgIpc) is 2.83. The SMILES string of the molecule is CN(Cc1csc(Br)c1)C(=O)C=Cc1ccc(Cl)cc1. The minimum atomic E-state index is -0.0257. The van der Waals surface area contributed by atoms with Gasteiger partial charge in [-0.1, -0.05) is 23.7 Å². The first-order valence-electron chi connectivity index (χ1n) is 5.96. The van der Waals surface area contributed by atoms with Crippen LogP contribution >= 0.6 is 38.9 Å². The highest BCUT2D eigenvalue weighted by molar-refractivity contribution is 9.11. The van der Waals surface area contributed by atoms with Crippen molar-refractivity contribution in [1.29, 1.82) is 0 Å². The van der Waals surface area contributed by atoms with E-state index in [1.807, 2.05) is 23.6 Å². The largest absolute Gasteiger partial charge is 0.338 e. The summed E-state index contributed by atoms with van der Waals surface area (Å²) in [6.07, 6.45) is 3.36. The zero-order valence-electron chi connectivity index (χ0n) is 10.8. The Kier molecular flexibility index (Phi) is 5.40. The lowest BCUT2D eigenvalue weighted by molar-refractivity contribution is -0.125. The van der Waals surface area contributed by atoms with Crippen molar-refractivity contribution < 1.29 is 4.79 Å². The van der Waals surface area contributed by atoms with Gasteiger partial charge in [-0.2, -0.15) is 0 Å². The van der Waals surface area contributed by atoms with Crippen LogP contribution in [0.15, 0.2) is 45.6 Å². The topological polar surface area (TPSA) is 20.3 Å². The Morgan fingerprint density at radius 2 is 2.10 bits per heavy atom. The molecule has 2 aromatic rings. The number of carbonyl (C=O) groups excluding carboxylic acids is 1. The van der Waals surface area contributed by atoms with Crippen LogP contribution < -0.4 is 0 Å². The van der Waals surface area contributed by atoms with Crippen LogP contribution in [0.2, 0.25) is 5.02 Å². The maximum Gasteiger partial charge on any atom is 0.246 e. The fraction of sp³-hybridized carbons (Fsp3) is 0.133. The second-order valence-corrected chi connectivity index (χ2v) is 7.07. The Bertz CT molecular complexity index is 621. The molecule has 0 spiro atoms. The number of rotatable bonds is 4. The molecular formula is C15H13BrClNOS. The Labute approximate surface area is 135 Å². The number of hydrogen-bond donors (Lipinski definition) is 0. The molecule has 0 aliphatic heterocycles. The van der Waals surface area contributed by atoms with E-state index in [-0.39, 0.29) is 5.91 Å². The minimum absolute atomic E-state index is 0.0257. The lowest BCUT2D eigenvalue weighted by Gasteiger charge is -2.13. The van der Waals surface area contributed by atoms with Gasteiger partial charge in [-0.3, -0.25) is 4.79 Å². The van der Waals surface area contributed by atoms with Crippen LogP contribution in [-0.2, 0) is 11.3 Å². The summed E-state index contributed by atoms with van der Waals surface area (Å²) in [7, 11) is 1.79. The fourth-order valence-corrected chi connectivity index (χ4v) is 2.98. The molecule has 1 heterocycles. The highest BCUT2D eigenvalue weighted by Crippen LogP contribution is 2.21. The monoisotopic (exact) mass is 369 g/mol. The van der Waals surface area contributed by atoms with Gasteiger partial charge in [0, 0.05) is 24.7 Å². The van der Waals surface area contributed by atoms with Crippen LogP contribution in [0.5, 0.6) is 0 Å². The van der Waals surface area contributed by atoms with Gasteiger partial charge in [0.2, 0.25) is 5.91 Å². The van der Waals surface area contributed by atoms with E-state index in [2.05, 4.69) is 15.9 Å². The van der Waals surface area contributed by atoms with Crippen molar-refractivity contribution in [3.63, 3.8) is 0 Å². The van der Waals surface area contributed by atoms with Gasteiger partial charge in [-0.05, 0) is 56.7 Å². The van der Waals surface area contributed by atoms with Gasteiger partial charge in [-0.15, -0.1) is 11.3 Å². The van der Waals surface area contributed by atoms with Crippen LogP contribution in [0.1, 0.15) is 11.1 Å². The van der Waals surface area contributed by atoms with E-state index in [4.69, 9.17) is 11.6 Å². The Balaban J connectivity index is 1.95. The molecular weight excluding hydrogens is 358 g/mol. The van der Waals surface area contributed by atoms with Gasteiger partial charge in [-0.25, -0.2) is 0 Å². The molecule has 1 aromatic carbocycles. The van der Waals surface area contributed by atoms with Crippen LogP contribution in [0, 0.1) is 0 Å². The Hall–Kier alpha value is -1.10. The van der Waals surface area contributed by atoms with Crippen molar-refractivity contribution in [2.75, 3.05) is 7.05 Å². The van der Waals surface area contributed by atoms with Gasteiger partial charge in [0.15, 0.2) is 0 Å². The van der Waals surface area contributed by atoms with Crippen LogP contribution in [0.4, 0.5) is 0 Å². The number of amides is 1. The van der Waals surface area contributed by atoms with E-state index < -0.39 is 0 Å². The van der Waals surface area contributed by atoms with Gasteiger partial charge in [0.05, 0.1) is 3.79 Å². The predicted molar refractivity (Wildman–Crippen MR) is 89.0 cm³/mol. The smallest absolute Gasteiger partial charge is 0.246 e. The Morgan fingerprint density at radius 1 is 1.40 bits per heavy atom. The van der Waals surface area contributed by atoms with Crippen molar-refractivity contribution in [2.45, 2.75) is 6.54 Å². The van der Waals surface area contributed by atoms with E-state index >= 15 is 0 Å². The summed E-state index contributed by atoms with van der Waals surface area (Å²) in [6.45, 7) is 0.603. The third-order valence-corrected chi connectivity index (χ3v) is 4.51. The molecule has 0 saturated heterocycles. The minimum Gasteiger partial charge on any atom is -0.338 e. The number of hydrogen-bond acceptors (Lipinski definition) is 2. The first-order valence-corrected chi connectivity index (χ1v) is 8.01. The molecule has 0 aliphatic carbocycles. The summed E-state index contributed by atoms with van der Waals surface area (Å²) in [5, 5.41) is 2.73. The van der Waals surface area contributed by atoms with Crippen molar-refractivity contribution in [3.05, 3.63) is 61.7 Å². The third kappa shape index (κ3) is 4.47. The standard InChI is InChI=1S/C15H13BrClNOS/c1-18(9-12-8-14(16)20-10-12)15(19)7-4-11-2-5-13(17)6-3-11/h2-8,10H,9H2,1H3. The molecule has 0 fully saturated rings. The number of likely N-dealkylation sites (N-methyl/N-ethyl adjacent to an activating group) is 1. The van der Waals surface area contributed by atoms with Gasteiger partial charge in [0.1, 0.15) is 0 Å². The molecule has 0 bridgehead atoms. The number of halogens is 2. The van der Waals surface area contributed by atoms with Gasteiger partial charge >= 0.3 is 0 Å². The molecule has 0 unspecified atom stereocenters. The number of thiophene rings is 1. The number of carbonyl (C=O) groups is 1. The van der Waals surface area contributed by atoms with Gasteiger partial charge in [0.25, 0.3) is 0 Å². The normalized spacial score (nSPS) is 10.9. The molecule has 104 valence electrons. The molecule has 0 aliphatic rings. The number of nitrogens with zero attached hydrogens (tertiary/aromatic N) is 1. The Morgan fingerprint density at radius 3 is 2.70 bits per heavy atom. The molecule has 0 saturated carbocycles. The van der Waals surface area contributed by atoms with E-state index in [0.717, 1.165) is 14.9 Å². The summed E-state index contributed by atoms with van der Waals surface area (Å²) in [4.78, 5) is 13.7. The fourth-order valence-electron chi connectivity index (χ4n) is 1.65. The second kappa shape index (κ2) is 7.07. The van der Waals surface area contributed by atoms with E-state index in [1.165, 1.54) is 0 Å². The molecule has 20 heavy (non-hydrogen) atoms. The second-order valence-electron chi connectivity index (χ2n) is 4.34. The summed E-state index contributed by atoms with van der Waals surface area (Å²) >= 11 is 10.8. The molecule has 1 amide bonds. The highest BCUT2D eigenvalue weighted by atomic mass is 79.9. The maximum atomic E-state index is 12.0. The lowest BCUT2D eigenvalue weighted by Crippen LogP contribution is -2.23. The predicted octanol–water partition coefficient (Wildman–Crippen LogP) is 4.84. The van der Waals surface area contributed by atoms with Crippen molar-refractivity contribution in [3.8, 4) is 0 Å². The summed E-state index contributed by atoms with van der Waals surface area (Å²) in [5.74, 6) is -0.0257. The van der Waals surface area contributed by atoms with E-state index in [0.29, 0.717) is 11.6 Å². The highest BCUT2D eigenvalue weighted by Gasteiger charge is 2.07. The molecule has 0 atom stereocenters. The molecule has 0 N–H and O–H groups in total. The quantitative estimate of drug-likeness (QED) is 0.705. The third-order valence-electron chi connectivity index (χ3n) is 2.71. The first-order chi connectivity index (χ1) is 9.54. The molecule has 0 radical (unpaired) electrons. The number of benzene rings is 1. The van der Waals surface area contributed by atoms with Crippen LogP contribution in [0.25, 0.3) is 6.08 Å².